The minimum Gasteiger partial charge on any atom is -0.397 e. The molecule has 0 aliphatic rings. The van der Waals surface area contributed by atoms with Crippen LogP contribution in [-0.2, 0) is 17.8 Å². The summed E-state index contributed by atoms with van der Waals surface area (Å²) in [6, 6.07) is 27.2. The second kappa shape index (κ2) is 10.9. The molecule has 0 saturated heterocycles. The van der Waals surface area contributed by atoms with Crippen LogP contribution < -0.4 is 11.1 Å². The maximum Gasteiger partial charge on any atom is 0.244 e. The molecule has 5 nitrogen and oxygen atoms in total. The van der Waals surface area contributed by atoms with Gasteiger partial charge in [-0.2, -0.15) is 0 Å². The van der Waals surface area contributed by atoms with Crippen molar-refractivity contribution in [3.05, 3.63) is 126 Å². The summed E-state index contributed by atoms with van der Waals surface area (Å²) < 4.78 is 0. The first-order valence-electron chi connectivity index (χ1n) is 11.0. The van der Waals surface area contributed by atoms with Crippen molar-refractivity contribution in [2.24, 2.45) is 0 Å². The molecule has 0 fully saturated rings. The Morgan fingerprint density at radius 3 is 2.26 bits per heavy atom. The van der Waals surface area contributed by atoms with Crippen molar-refractivity contribution in [2.75, 3.05) is 5.73 Å². The van der Waals surface area contributed by atoms with Crippen molar-refractivity contribution in [3.8, 4) is 11.1 Å². The lowest BCUT2D eigenvalue weighted by molar-refractivity contribution is -0.116. The van der Waals surface area contributed by atoms with Crippen LogP contribution in [0.2, 0.25) is 0 Å². The zero-order valence-electron chi connectivity index (χ0n) is 18.6. The fourth-order valence-corrected chi connectivity index (χ4v) is 3.52. The molecule has 0 bridgehead atoms. The Labute approximate surface area is 199 Å². The SMILES string of the molecule is Nc1cnccc1CC(=O)c1ccc(CNC(=O)/C=C/c2ccc(-c3ccccc3)cc2)cc1. The van der Waals surface area contributed by atoms with Crippen molar-refractivity contribution in [3.63, 3.8) is 0 Å². The van der Waals surface area contributed by atoms with Gasteiger partial charge in [-0.1, -0.05) is 78.9 Å². The number of hydrogen-bond acceptors (Lipinski definition) is 4. The lowest BCUT2D eigenvalue weighted by Gasteiger charge is -2.06. The van der Waals surface area contributed by atoms with Gasteiger partial charge in [-0.25, -0.2) is 0 Å². The van der Waals surface area contributed by atoms with Crippen LogP contribution >= 0.6 is 0 Å². The number of nitrogen functional groups attached to an aromatic ring is 1. The van der Waals surface area contributed by atoms with Crippen molar-refractivity contribution >= 4 is 23.5 Å². The molecule has 3 N–H and O–H groups in total. The monoisotopic (exact) mass is 447 g/mol. The van der Waals surface area contributed by atoms with Crippen LogP contribution in [0.3, 0.4) is 0 Å². The highest BCUT2D eigenvalue weighted by Crippen LogP contribution is 2.19. The van der Waals surface area contributed by atoms with Gasteiger partial charge in [0.05, 0.1) is 11.9 Å². The quantitative estimate of drug-likeness (QED) is 0.291. The third-order valence-corrected chi connectivity index (χ3v) is 5.48. The topological polar surface area (TPSA) is 85.1 Å². The maximum atomic E-state index is 12.5. The van der Waals surface area contributed by atoms with Gasteiger partial charge in [-0.15, -0.1) is 0 Å². The number of carbonyl (C=O) groups excluding carboxylic acids is 2. The molecule has 1 aromatic heterocycles. The highest BCUT2D eigenvalue weighted by atomic mass is 16.1. The Morgan fingerprint density at radius 2 is 1.56 bits per heavy atom. The van der Waals surface area contributed by atoms with Crippen LogP contribution in [0.5, 0.6) is 0 Å². The Balaban J connectivity index is 1.28. The highest BCUT2D eigenvalue weighted by Gasteiger charge is 2.09. The largest absolute Gasteiger partial charge is 0.397 e. The lowest BCUT2D eigenvalue weighted by atomic mass is 10.0. The van der Waals surface area contributed by atoms with Crippen molar-refractivity contribution in [1.82, 2.24) is 10.3 Å². The molecule has 4 rings (SSSR count). The molecule has 1 heterocycles. The van der Waals surface area contributed by atoms with Gasteiger partial charge in [0, 0.05) is 30.8 Å². The second-order valence-corrected chi connectivity index (χ2v) is 7.91. The minimum absolute atomic E-state index is 0.0188. The van der Waals surface area contributed by atoms with Crippen molar-refractivity contribution in [2.45, 2.75) is 13.0 Å². The third kappa shape index (κ3) is 6.04. The Hall–Kier alpha value is -4.51. The standard InChI is InChI=1S/C29H25N3O2/c30-27-20-31-17-16-26(27)18-28(33)25-13-8-22(9-14-25)19-32-29(34)15-10-21-6-11-24(12-7-21)23-4-2-1-3-5-23/h1-17,20H,18-19,30H2,(H,32,34)/b15-10+. The number of Topliss-reactive ketones (excluding diaryl/α,β-unsaturated/α-hetero) is 1. The van der Waals surface area contributed by atoms with Crippen LogP contribution in [0.4, 0.5) is 5.69 Å². The first kappa shape index (κ1) is 22.7. The van der Waals surface area contributed by atoms with E-state index in [2.05, 4.69) is 22.4 Å². The number of nitrogens with one attached hydrogen (secondary N) is 1. The number of rotatable bonds is 8. The molecular weight excluding hydrogens is 422 g/mol. The van der Waals surface area contributed by atoms with E-state index in [-0.39, 0.29) is 18.1 Å². The molecule has 4 aromatic rings. The number of benzene rings is 3. The zero-order chi connectivity index (χ0) is 23.8. The number of nitrogens with two attached hydrogens (primary N) is 1. The summed E-state index contributed by atoms with van der Waals surface area (Å²) >= 11 is 0. The summed E-state index contributed by atoms with van der Waals surface area (Å²) in [5.74, 6) is -0.199. The van der Waals surface area contributed by atoms with Gasteiger partial charge in [0.1, 0.15) is 0 Å². The summed E-state index contributed by atoms with van der Waals surface area (Å²) in [6.45, 7) is 0.377. The van der Waals surface area contributed by atoms with E-state index >= 15 is 0 Å². The van der Waals surface area contributed by atoms with Crippen LogP contribution in [0.1, 0.15) is 27.0 Å². The summed E-state index contributed by atoms with van der Waals surface area (Å²) in [7, 11) is 0. The van der Waals surface area contributed by atoms with Gasteiger partial charge in [0.2, 0.25) is 5.91 Å². The lowest BCUT2D eigenvalue weighted by Crippen LogP contribution is -2.20. The number of pyridine rings is 1. The van der Waals surface area contributed by atoms with E-state index in [0.717, 1.165) is 27.8 Å². The van der Waals surface area contributed by atoms with Crippen molar-refractivity contribution in [1.29, 1.82) is 0 Å². The molecule has 168 valence electrons. The van der Waals surface area contributed by atoms with Crippen LogP contribution in [0.15, 0.2) is 103 Å². The number of hydrogen-bond donors (Lipinski definition) is 2. The maximum absolute atomic E-state index is 12.5. The molecule has 5 heteroatoms. The van der Waals surface area contributed by atoms with Gasteiger partial charge >= 0.3 is 0 Å². The van der Waals surface area contributed by atoms with Gasteiger partial charge in [0.25, 0.3) is 0 Å². The fourth-order valence-electron chi connectivity index (χ4n) is 3.52. The van der Waals surface area contributed by atoms with E-state index in [4.69, 9.17) is 5.73 Å². The Morgan fingerprint density at radius 1 is 0.853 bits per heavy atom. The Bertz CT molecular complexity index is 1300. The minimum atomic E-state index is -0.180. The van der Waals surface area contributed by atoms with E-state index < -0.39 is 0 Å². The van der Waals surface area contributed by atoms with Gasteiger partial charge < -0.3 is 11.1 Å². The number of nitrogens with zero attached hydrogens (tertiary/aromatic N) is 1. The van der Waals surface area contributed by atoms with E-state index in [1.807, 2.05) is 54.6 Å². The average Bonchev–Trinajstić information content (AvgIpc) is 2.88. The number of carbonyl (C=O) groups is 2. The molecule has 34 heavy (non-hydrogen) atoms. The van der Waals surface area contributed by atoms with Crippen molar-refractivity contribution < 1.29 is 9.59 Å². The first-order chi connectivity index (χ1) is 16.6. The predicted molar refractivity (Wildman–Crippen MR) is 136 cm³/mol. The smallest absolute Gasteiger partial charge is 0.244 e. The van der Waals surface area contributed by atoms with Crippen LogP contribution in [0, 0.1) is 0 Å². The van der Waals surface area contributed by atoms with E-state index in [0.29, 0.717) is 17.8 Å². The van der Waals surface area contributed by atoms with Gasteiger partial charge in [-0.3, -0.25) is 14.6 Å². The van der Waals surface area contributed by atoms with E-state index in [1.54, 1.807) is 36.7 Å². The molecule has 0 radical (unpaired) electrons. The molecular formula is C29H25N3O2. The summed E-state index contributed by atoms with van der Waals surface area (Å²) in [5, 5.41) is 2.87. The fraction of sp³-hybridized carbons (Fsp3) is 0.0690. The summed E-state index contributed by atoms with van der Waals surface area (Å²) in [5.41, 5.74) is 11.9. The predicted octanol–water partition coefficient (Wildman–Crippen LogP) is 5.09. The Kier molecular flexibility index (Phi) is 7.25. The summed E-state index contributed by atoms with van der Waals surface area (Å²) in [6.07, 6.45) is 6.70. The molecule has 0 aliphatic carbocycles. The average molecular weight is 448 g/mol. The van der Waals surface area contributed by atoms with E-state index in [9.17, 15) is 9.59 Å². The molecule has 0 saturated carbocycles. The molecule has 0 spiro atoms. The molecule has 0 unspecified atom stereocenters. The number of amides is 1. The number of aromatic nitrogens is 1. The number of anilines is 1. The highest BCUT2D eigenvalue weighted by molar-refractivity contribution is 5.98. The van der Waals surface area contributed by atoms with Gasteiger partial charge in [-0.05, 0) is 40.0 Å². The molecule has 0 atom stereocenters. The van der Waals surface area contributed by atoms with Gasteiger partial charge in [0.15, 0.2) is 5.78 Å². The van der Waals surface area contributed by atoms with Crippen LogP contribution in [0.25, 0.3) is 17.2 Å². The van der Waals surface area contributed by atoms with Crippen LogP contribution in [-0.4, -0.2) is 16.7 Å². The van der Waals surface area contributed by atoms with E-state index in [1.165, 1.54) is 6.08 Å². The molecule has 3 aromatic carbocycles. The summed E-state index contributed by atoms with van der Waals surface area (Å²) in [4.78, 5) is 28.7. The molecule has 0 aliphatic heterocycles. The second-order valence-electron chi connectivity index (χ2n) is 7.91. The normalized spacial score (nSPS) is 10.8. The third-order valence-electron chi connectivity index (χ3n) is 5.48. The zero-order valence-corrected chi connectivity index (χ0v) is 18.6. The molecule has 1 amide bonds. The first-order valence-corrected chi connectivity index (χ1v) is 11.0. The number of ketones is 1.